The number of carbonyl (C=O) groups is 3. The van der Waals surface area contributed by atoms with Crippen LogP contribution in [0.1, 0.15) is 342 Å². The second-order valence-corrected chi connectivity index (χ2v) is 31.5. The number of unbranched alkanes of at least 4 members (excludes halogenated alkanes) is 30. The molecule has 0 saturated carbocycles. The number of phosphoric ester groups is 2. The molecule has 4 N–H and O–H groups in total. The highest BCUT2D eigenvalue weighted by molar-refractivity contribution is 7.47. The van der Waals surface area contributed by atoms with E-state index in [1.54, 1.807) is 0 Å². The summed E-state index contributed by atoms with van der Waals surface area (Å²) in [7, 11) is -9.82. The van der Waals surface area contributed by atoms with E-state index in [2.05, 4.69) is 191 Å². The Morgan fingerprint density at radius 2 is 0.477 bits per heavy atom. The molecule has 0 aliphatic heterocycles. The fraction of sp³-hybridized carbons (Fsp3) is 0.667. The van der Waals surface area contributed by atoms with Crippen molar-refractivity contribution in [3.05, 3.63) is 170 Å². The molecule has 0 aromatic rings. The zero-order chi connectivity index (χ0) is 80.8. The average molecular weight is 1590 g/mol. The number of aliphatic hydroxyl groups excluding tert-OH is 2. The van der Waals surface area contributed by atoms with Crippen LogP contribution in [0.4, 0.5) is 0 Å². The first-order valence-corrected chi connectivity index (χ1v) is 46.4. The SMILES string of the molecule is CC/C=C\C/C=C\C/C=C\C/C=C\C/C=C\CCCCCCCCCCCCCC(=O)OCC(O)COP(=O)(O)OCC(O)COP(=O)(O)OCC(COC(=O)CCCCCCCCCCCCC/C=C\C/C=C\C/C=C\C/C=C\C/C=C\CC)OC(=O)CCCCCCC/C=C\C/C=C\C/C=C\C/C=C\CCCCC. The van der Waals surface area contributed by atoms with Crippen LogP contribution < -0.4 is 0 Å². The largest absolute Gasteiger partial charge is 0.472 e. The van der Waals surface area contributed by atoms with Crippen LogP contribution in [0.3, 0.4) is 0 Å². The van der Waals surface area contributed by atoms with Crippen LogP contribution in [0.25, 0.3) is 0 Å². The minimum atomic E-state index is -4.95. The average Bonchev–Trinajstić information content (AvgIpc) is 0.889. The Balaban J connectivity index is 4.67. The molecule has 111 heavy (non-hydrogen) atoms. The van der Waals surface area contributed by atoms with E-state index in [1.165, 1.54) is 103 Å². The van der Waals surface area contributed by atoms with Crippen molar-refractivity contribution in [3.63, 3.8) is 0 Å². The lowest BCUT2D eigenvalue weighted by molar-refractivity contribution is -0.161. The van der Waals surface area contributed by atoms with Crippen molar-refractivity contribution in [2.45, 2.75) is 360 Å². The summed E-state index contributed by atoms with van der Waals surface area (Å²) >= 11 is 0. The summed E-state index contributed by atoms with van der Waals surface area (Å²) in [4.78, 5) is 58.9. The van der Waals surface area contributed by atoms with Crippen molar-refractivity contribution < 1.29 is 75.8 Å². The molecule has 0 rings (SSSR count). The molecule has 0 amide bonds. The summed E-state index contributed by atoms with van der Waals surface area (Å²) < 4.78 is 61.4. The van der Waals surface area contributed by atoms with Crippen molar-refractivity contribution >= 4 is 33.6 Å². The molecular weight excluding hydrogens is 1430 g/mol. The summed E-state index contributed by atoms with van der Waals surface area (Å²) in [6.07, 6.45) is 108. The number of allylic oxidation sites excluding steroid dienone is 28. The molecule has 0 spiro atoms. The molecule has 5 unspecified atom stereocenters. The van der Waals surface area contributed by atoms with Gasteiger partial charge in [0.25, 0.3) is 0 Å². The van der Waals surface area contributed by atoms with Gasteiger partial charge in [0.15, 0.2) is 6.10 Å². The van der Waals surface area contributed by atoms with Crippen LogP contribution >= 0.6 is 15.6 Å². The number of aliphatic hydroxyl groups is 2. The van der Waals surface area contributed by atoms with Crippen LogP contribution in [-0.4, -0.2) is 95.9 Å². The van der Waals surface area contributed by atoms with Gasteiger partial charge < -0.3 is 34.2 Å². The second kappa shape index (κ2) is 84.3. The number of phosphoric acid groups is 2. The van der Waals surface area contributed by atoms with E-state index in [-0.39, 0.29) is 19.3 Å². The van der Waals surface area contributed by atoms with Crippen molar-refractivity contribution in [1.82, 2.24) is 0 Å². The smallest absolute Gasteiger partial charge is 0.463 e. The topological polar surface area (TPSA) is 231 Å². The molecule has 0 aliphatic carbocycles. The first-order chi connectivity index (χ1) is 54.2. The standard InChI is InChI=1S/C93H156O16P2/c1-4-7-10-13-16-19-22-25-28-31-34-37-39-41-43-45-47-50-52-55-58-61-64-67-70-73-76-79-91(96)103-82-88(94)83-105-110(99,100)106-84-89(95)85-107-111(101,102)108-87-90(109-93(98)81-78-75-72-69-66-63-60-57-54-49-36-33-30-27-24-21-18-15-12-9-6-3)86-104-92(97)80-77-74-71-68-65-62-59-56-53-51-48-46-44-42-40-38-35-32-29-26-23-20-17-14-11-8-5-2/h7-8,10-11,16-21,25-30,34-38,41-44,49,57,60,88-90,94-95H,4-6,9,12-15,22-24,31-33,39-40,45-48,50-56,58-59,61-87H2,1-3H3,(H,99,100)(H,101,102)/b10-7-,11-8-,19-16-,20-17-,21-18-,28-25-,29-26-,30-27-,37-34-,38-35-,43-41-,44-42-,49-36-,60-57-. The van der Waals surface area contributed by atoms with Crippen molar-refractivity contribution in [2.75, 3.05) is 39.6 Å². The Labute approximate surface area is 675 Å². The second-order valence-electron chi connectivity index (χ2n) is 28.6. The third kappa shape index (κ3) is 85.6. The molecule has 18 heteroatoms. The number of esters is 3. The summed E-state index contributed by atoms with van der Waals surface area (Å²) in [6.45, 7) is 2.42. The highest BCUT2D eigenvalue weighted by Crippen LogP contribution is 2.45. The molecule has 0 heterocycles. The monoisotopic (exact) mass is 1590 g/mol. The van der Waals surface area contributed by atoms with Gasteiger partial charge in [-0.3, -0.25) is 32.5 Å². The Hall–Kier alpha value is -5.09. The predicted octanol–water partition coefficient (Wildman–Crippen LogP) is 26.3. The molecule has 0 aliphatic rings. The van der Waals surface area contributed by atoms with Gasteiger partial charge in [-0.1, -0.05) is 339 Å². The molecule has 16 nitrogen and oxygen atoms in total. The molecule has 634 valence electrons. The first-order valence-electron chi connectivity index (χ1n) is 43.4. The number of rotatable bonds is 81. The van der Waals surface area contributed by atoms with Crippen molar-refractivity contribution in [2.24, 2.45) is 0 Å². The molecular formula is C93H156O16P2. The number of carbonyl (C=O) groups excluding carboxylic acids is 3. The van der Waals surface area contributed by atoms with Gasteiger partial charge in [-0.2, -0.15) is 0 Å². The summed E-state index contributed by atoms with van der Waals surface area (Å²) in [5, 5.41) is 20.7. The van der Waals surface area contributed by atoms with E-state index in [0.29, 0.717) is 19.3 Å². The lowest BCUT2D eigenvalue weighted by Crippen LogP contribution is -2.30. The van der Waals surface area contributed by atoms with Crippen LogP contribution in [0.15, 0.2) is 170 Å². The Bertz CT molecular complexity index is 2700. The van der Waals surface area contributed by atoms with Gasteiger partial charge >= 0.3 is 33.6 Å². The minimum Gasteiger partial charge on any atom is -0.463 e. The molecule has 0 bridgehead atoms. The van der Waals surface area contributed by atoms with Gasteiger partial charge in [0.05, 0.1) is 26.4 Å². The third-order valence-electron chi connectivity index (χ3n) is 17.9. The maximum Gasteiger partial charge on any atom is 0.472 e. The quantitative estimate of drug-likeness (QED) is 0.0146. The number of ether oxygens (including phenoxy) is 3. The fourth-order valence-corrected chi connectivity index (χ4v) is 13.0. The maximum absolute atomic E-state index is 13.0. The number of hydrogen-bond donors (Lipinski definition) is 4. The highest BCUT2D eigenvalue weighted by Gasteiger charge is 2.29. The predicted molar refractivity (Wildman–Crippen MR) is 463 cm³/mol. The Kier molecular flexibility index (Phi) is 80.4. The van der Waals surface area contributed by atoms with Gasteiger partial charge in [-0.25, -0.2) is 9.13 Å². The van der Waals surface area contributed by atoms with Crippen LogP contribution in [0.5, 0.6) is 0 Å². The van der Waals surface area contributed by atoms with E-state index >= 15 is 0 Å². The number of hydrogen-bond acceptors (Lipinski definition) is 14. The minimum absolute atomic E-state index is 0.0782. The zero-order valence-corrected chi connectivity index (χ0v) is 71.4. The molecule has 0 fully saturated rings. The van der Waals surface area contributed by atoms with Gasteiger partial charge in [-0.15, -0.1) is 0 Å². The molecule has 5 atom stereocenters. The highest BCUT2D eigenvalue weighted by atomic mass is 31.2. The zero-order valence-electron chi connectivity index (χ0n) is 69.6. The van der Waals surface area contributed by atoms with E-state index in [0.717, 1.165) is 180 Å². The third-order valence-corrected chi connectivity index (χ3v) is 19.8. The van der Waals surface area contributed by atoms with E-state index in [1.807, 2.05) is 0 Å². The summed E-state index contributed by atoms with van der Waals surface area (Å²) in [6, 6.07) is 0. The lowest BCUT2D eigenvalue weighted by Gasteiger charge is -2.21. The first kappa shape index (κ1) is 106. The summed E-state index contributed by atoms with van der Waals surface area (Å²) in [5.74, 6) is -1.60. The van der Waals surface area contributed by atoms with Crippen LogP contribution in [0.2, 0.25) is 0 Å². The van der Waals surface area contributed by atoms with Gasteiger partial charge in [0, 0.05) is 19.3 Å². The van der Waals surface area contributed by atoms with Crippen molar-refractivity contribution in [3.8, 4) is 0 Å². The van der Waals surface area contributed by atoms with Gasteiger partial charge in [-0.05, 0) is 154 Å². The summed E-state index contributed by atoms with van der Waals surface area (Å²) in [5.41, 5.74) is 0. The van der Waals surface area contributed by atoms with Crippen molar-refractivity contribution in [1.29, 1.82) is 0 Å². The lowest BCUT2D eigenvalue weighted by atomic mass is 10.0. The van der Waals surface area contributed by atoms with Gasteiger partial charge in [0.1, 0.15) is 25.4 Å². The van der Waals surface area contributed by atoms with Crippen LogP contribution in [0, 0.1) is 0 Å². The van der Waals surface area contributed by atoms with Gasteiger partial charge in [0.2, 0.25) is 0 Å². The molecule has 0 saturated heterocycles. The Morgan fingerprint density at radius 3 is 0.757 bits per heavy atom. The Morgan fingerprint density at radius 1 is 0.261 bits per heavy atom. The molecule has 0 aromatic carbocycles. The maximum atomic E-state index is 13.0. The van der Waals surface area contributed by atoms with Crippen LogP contribution in [-0.2, 0) is 55.8 Å². The molecule has 0 radical (unpaired) electrons. The van der Waals surface area contributed by atoms with E-state index < -0.39 is 91.5 Å². The normalized spacial score (nSPS) is 14.7. The fourth-order valence-electron chi connectivity index (χ4n) is 11.4. The van der Waals surface area contributed by atoms with E-state index in [9.17, 15) is 43.5 Å². The van der Waals surface area contributed by atoms with E-state index in [4.69, 9.17) is 32.3 Å². The molecule has 0 aromatic heterocycles.